The monoisotopic (exact) mass is 280 g/mol. The van der Waals surface area contributed by atoms with Crippen molar-refractivity contribution in [3.63, 3.8) is 0 Å². The summed E-state index contributed by atoms with van der Waals surface area (Å²) in [7, 11) is 0. The Labute approximate surface area is 121 Å². The van der Waals surface area contributed by atoms with Crippen molar-refractivity contribution in [1.82, 2.24) is 10.4 Å². The summed E-state index contributed by atoms with van der Waals surface area (Å²) < 4.78 is 0. The number of amides is 3. The van der Waals surface area contributed by atoms with Crippen LogP contribution in [0.3, 0.4) is 0 Å². The molecule has 1 heterocycles. The Bertz CT molecular complexity index is 733. The average molecular weight is 280 g/mol. The molecule has 0 radical (unpaired) electrons. The number of nitrogens with one attached hydrogen (secondary N) is 1. The summed E-state index contributed by atoms with van der Waals surface area (Å²) in [5.74, 6) is -1.52. The van der Waals surface area contributed by atoms with Crippen molar-refractivity contribution in [3.05, 3.63) is 70.8 Å². The van der Waals surface area contributed by atoms with E-state index in [1.807, 2.05) is 6.07 Å². The molecule has 3 rings (SSSR count). The number of nitrogens with zero attached hydrogens (tertiary/aromatic N) is 1. The number of fused-ring (bicyclic) bond motifs is 1. The highest BCUT2D eigenvalue weighted by molar-refractivity contribution is 6.22. The lowest BCUT2D eigenvalue weighted by atomic mass is 10.1. The number of hydrogen-bond donors (Lipinski definition) is 1. The molecule has 5 nitrogen and oxygen atoms in total. The van der Waals surface area contributed by atoms with E-state index in [9.17, 15) is 14.4 Å². The van der Waals surface area contributed by atoms with Crippen molar-refractivity contribution in [2.45, 2.75) is 6.92 Å². The zero-order valence-electron chi connectivity index (χ0n) is 11.3. The van der Waals surface area contributed by atoms with E-state index in [-0.39, 0.29) is 0 Å². The molecule has 0 aliphatic carbocycles. The minimum absolute atomic E-state index is 0.299. The van der Waals surface area contributed by atoms with Gasteiger partial charge in [-0.05, 0) is 30.7 Å². The molecule has 0 spiro atoms. The van der Waals surface area contributed by atoms with Gasteiger partial charge in [-0.15, -0.1) is 0 Å². The van der Waals surface area contributed by atoms with Gasteiger partial charge in [0.25, 0.3) is 17.7 Å². The Morgan fingerprint density at radius 1 is 0.905 bits per heavy atom. The minimum atomic E-state index is -0.516. The van der Waals surface area contributed by atoms with Crippen LogP contribution in [0.4, 0.5) is 0 Å². The molecule has 5 heteroatoms. The van der Waals surface area contributed by atoms with E-state index in [1.165, 1.54) is 0 Å². The molecule has 0 fully saturated rings. The number of rotatable bonds is 2. The van der Waals surface area contributed by atoms with E-state index in [0.717, 1.165) is 10.6 Å². The van der Waals surface area contributed by atoms with Gasteiger partial charge in [-0.1, -0.05) is 30.3 Å². The summed E-state index contributed by atoms with van der Waals surface area (Å²) in [6.07, 6.45) is 0. The van der Waals surface area contributed by atoms with Gasteiger partial charge in [0.2, 0.25) is 0 Å². The maximum atomic E-state index is 12.2. The van der Waals surface area contributed by atoms with Gasteiger partial charge in [0.1, 0.15) is 0 Å². The molecule has 21 heavy (non-hydrogen) atoms. The maximum absolute atomic E-state index is 12.2. The predicted molar refractivity (Wildman–Crippen MR) is 75.6 cm³/mol. The number of carbonyl (C=O) groups is 3. The second kappa shape index (κ2) is 4.86. The maximum Gasteiger partial charge on any atom is 0.280 e. The predicted octanol–water partition coefficient (Wildman–Crippen LogP) is 1.94. The van der Waals surface area contributed by atoms with Gasteiger partial charge in [0.05, 0.1) is 11.1 Å². The molecule has 2 aromatic carbocycles. The summed E-state index contributed by atoms with van der Waals surface area (Å²) in [6, 6.07) is 13.5. The Hall–Kier alpha value is -2.95. The minimum Gasteiger partial charge on any atom is -0.267 e. The number of hydrazine groups is 1. The Kier molecular flexibility index (Phi) is 3.02. The van der Waals surface area contributed by atoms with Gasteiger partial charge >= 0.3 is 0 Å². The first kappa shape index (κ1) is 13.1. The van der Waals surface area contributed by atoms with Crippen LogP contribution in [0.25, 0.3) is 0 Å². The van der Waals surface area contributed by atoms with Crippen LogP contribution in [0.15, 0.2) is 48.5 Å². The van der Waals surface area contributed by atoms with Gasteiger partial charge in [0.15, 0.2) is 0 Å². The zero-order chi connectivity index (χ0) is 15.0. The second-order valence-electron chi connectivity index (χ2n) is 4.75. The van der Waals surface area contributed by atoms with E-state index >= 15 is 0 Å². The van der Waals surface area contributed by atoms with Crippen molar-refractivity contribution in [3.8, 4) is 0 Å². The molecule has 0 saturated heterocycles. The number of imide groups is 1. The quantitative estimate of drug-likeness (QED) is 0.855. The van der Waals surface area contributed by atoms with E-state index in [4.69, 9.17) is 0 Å². The molecule has 1 aliphatic heterocycles. The molecular formula is C16H12N2O3. The van der Waals surface area contributed by atoms with Gasteiger partial charge in [0, 0.05) is 5.56 Å². The van der Waals surface area contributed by atoms with Crippen molar-refractivity contribution < 1.29 is 14.4 Å². The summed E-state index contributed by atoms with van der Waals surface area (Å²) in [4.78, 5) is 36.5. The number of benzene rings is 2. The molecule has 1 N–H and O–H groups in total. The highest BCUT2D eigenvalue weighted by Gasteiger charge is 2.36. The van der Waals surface area contributed by atoms with E-state index in [1.54, 1.807) is 49.4 Å². The second-order valence-corrected chi connectivity index (χ2v) is 4.75. The number of hydrogen-bond acceptors (Lipinski definition) is 3. The third-order valence-corrected chi connectivity index (χ3v) is 3.40. The summed E-state index contributed by atoms with van der Waals surface area (Å²) in [5, 5.41) is 0.763. The third kappa shape index (κ3) is 2.08. The van der Waals surface area contributed by atoms with Crippen LogP contribution in [-0.2, 0) is 0 Å². The first-order chi connectivity index (χ1) is 10.1. The summed E-state index contributed by atoms with van der Waals surface area (Å²) in [6.45, 7) is 1.79. The van der Waals surface area contributed by atoms with Crippen LogP contribution in [0.5, 0.6) is 0 Å². The standard InChI is InChI=1S/C16H12N2O3/c1-10-6-2-3-7-11(10)14(19)17-18-15(20)12-8-4-5-9-13(12)16(18)21/h2-9H,1H3,(H,17,19). The molecular weight excluding hydrogens is 268 g/mol. The molecule has 2 aromatic rings. The molecule has 104 valence electrons. The van der Waals surface area contributed by atoms with Gasteiger partial charge in [-0.3, -0.25) is 19.8 Å². The molecule has 0 saturated carbocycles. The SMILES string of the molecule is Cc1ccccc1C(=O)NN1C(=O)c2ccccc2C1=O. The lowest BCUT2D eigenvalue weighted by Gasteiger charge is -2.15. The van der Waals surface area contributed by atoms with E-state index in [0.29, 0.717) is 16.7 Å². The first-order valence-electron chi connectivity index (χ1n) is 6.44. The Balaban J connectivity index is 1.88. The normalized spacial score (nSPS) is 13.3. The van der Waals surface area contributed by atoms with Crippen LogP contribution in [0.2, 0.25) is 0 Å². The third-order valence-electron chi connectivity index (χ3n) is 3.40. The van der Waals surface area contributed by atoms with Crippen LogP contribution in [-0.4, -0.2) is 22.7 Å². The van der Waals surface area contributed by atoms with Crippen molar-refractivity contribution >= 4 is 17.7 Å². The highest BCUT2D eigenvalue weighted by atomic mass is 16.2. The van der Waals surface area contributed by atoms with Crippen molar-refractivity contribution in [2.24, 2.45) is 0 Å². The molecule has 0 aromatic heterocycles. The Morgan fingerprint density at radius 2 is 1.43 bits per heavy atom. The lowest BCUT2D eigenvalue weighted by molar-refractivity contribution is 0.0518. The van der Waals surface area contributed by atoms with Gasteiger partial charge in [-0.25, -0.2) is 0 Å². The van der Waals surface area contributed by atoms with E-state index in [2.05, 4.69) is 5.43 Å². The number of aryl methyl sites for hydroxylation is 1. The fourth-order valence-corrected chi connectivity index (χ4v) is 2.28. The number of carbonyl (C=O) groups excluding carboxylic acids is 3. The van der Waals surface area contributed by atoms with Gasteiger partial charge in [-0.2, -0.15) is 5.01 Å². The topological polar surface area (TPSA) is 66.5 Å². The summed E-state index contributed by atoms with van der Waals surface area (Å²) >= 11 is 0. The molecule has 3 amide bonds. The van der Waals surface area contributed by atoms with E-state index < -0.39 is 17.7 Å². The molecule has 0 atom stereocenters. The van der Waals surface area contributed by atoms with Gasteiger partial charge < -0.3 is 0 Å². The lowest BCUT2D eigenvalue weighted by Crippen LogP contribution is -2.46. The molecule has 1 aliphatic rings. The van der Waals surface area contributed by atoms with Crippen LogP contribution in [0.1, 0.15) is 36.6 Å². The van der Waals surface area contributed by atoms with Crippen molar-refractivity contribution in [2.75, 3.05) is 0 Å². The van der Waals surface area contributed by atoms with Crippen LogP contribution < -0.4 is 5.43 Å². The average Bonchev–Trinajstić information content (AvgIpc) is 2.73. The van der Waals surface area contributed by atoms with Crippen LogP contribution in [0, 0.1) is 6.92 Å². The van der Waals surface area contributed by atoms with Crippen LogP contribution >= 0.6 is 0 Å². The Morgan fingerprint density at radius 3 is 2.00 bits per heavy atom. The fourth-order valence-electron chi connectivity index (χ4n) is 2.28. The van der Waals surface area contributed by atoms with Crippen molar-refractivity contribution in [1.29, 1.82) is 0 Å². The summed E-state index contributed by atoms with van der Waals surface area (Å²) in [5.41, 5.74) is 4.17. The molecule has 0 unspecified atom stereocenters. The zero-order valence-corrected chi connectivity index (χ0v) is 11.3. The highest BCUT2D eigenvalue weighted by Crippen LogP contribution is 2.21. The first-order valence-corrected chi connectivity index (χ1v) is 6.44. The fraction of sp³-hybridized carbons (Fsp3) is 0.0625. The smallest absolute Gasteiger partial charge is 0.267 e. The largest absolute Gasteiger partial charge is 0.280 e. The molecule has 0 bridgehead atoms.